The van der Waals surface area contributed by atoms with Crippen LogP contribution in [-0.4, -0.2) is 38.1 Å². The molecule has 1 heterocycles. The number of nitrogens with zero attached hydrogens (tertiary/aromatic N) is 2. The van der Waals surface area contributed by atoms with E-state index in [1.165, 1.54) is 4.68 Å². The van der Waals surface area contributed by atoms with Gasteiger partial charge in [-0.3, -0.25) is 4.68 Å². The summed E-state index contributed by atoms with van der Waals surface area (Å²) in [5, 5.41) is 4.01. The lowest BCUT2D eigenvalue weighted by Gasteiger charge is -2.03. The first-order chi connectivity index (χ1) is 9.15. The Bertz CT molecular complexity index is 721. The monoisotopic (exact) mass is 360 g/mol. The van der Waals surface area contributed by atoms with Crippen LogP contribution in [0.5, 0.6) is 0 Å². The van der Waals surface area contributed by atoms with Crippen LogP contribution in [0, 0.1) is 0 Å². The van der Waals surface area contributed by atoms with Crippen LogP contribution in [0.2, 0.25) is 5.15 Å². The molecule has 0 bridgehead atoms. The van der Waals surface area contributed by atoms with Crippen molar-refractivity contribution in [2.45, 2.75) is 37.1 Å². The molecule has 0 amide bonds. The number of hydrogen-bond donors (Lipinski definition) is 0. The van der Waals surface area contributed by atoms with E-state index in [4.69, 9.17) is 22.3 Å². The van der Waals surface area contributed by atoms with Crippen molar-refractivity contribution in [3.8, 4) is 0 Å². The number of aromatic nitrogens is 2. The first-order valence-corrected chi connectivity index (χ1v) is 10.6. The minimum atomic E-state index is -4.00. The van der Waals surface area contributed by atoms with Gasteiger partial charge in [0, 0.05) is 22.4 Å². The molecule has 114 valence electrons. The van der Waals surface area contributed by atoms with E-state index in [1.807, 2.05) is 0 Å². The zero-order chi connectivity index (χ0) is 15.1. The van der Waals surface area contributed by atoms with Gasteiger partial charge in [0.2, 0.25) is 0 Å². The summed E-state index contributed by atoms with van der Waals surface area (Å²) in [5.74, 6) is -0.0845. The molecular formula is C10H14Cl2N2O4S2. The van der Waals surface area contributed by atoms with Crippen LogP contribution in [0.25, 0.3) is 0 Å². The molecule has 1 fully saturated rings. The molecule has 0 radical (unpaired) electrons. The maximum absolute atomic E-state index is 11.6. The molecule has 2 rings (SSSR count). The van der Waals surface area contributed by atoms with Gasteiger partial charge in [0.05, 0.1) is 18.0 Å². The molecule has 0 N–H and O–H groups in total. The van der Waals surface area contributed by atoms with E-state index in [-0.39, 0.29) is 34.0 Å². The maximum atomic E-state index is 11.6. The minimum Gasteiger partial charge on any atom is -0.251 e. The molecule has 0 saturated heterocycles. The van der Waals surface area contributed by atoms with Crippen LogP contribution < -0.4 is 0 Å². The number of sulfone groups is 1. The summed E-state index contributed by atoms with van der Waals surface area (Å²) in [7, 11) is -1.79. The second kappa shape index (κ2) is 5.47. The van der Waals surface area contributed by atoms with E-state index >= 15 is 0 Å². The fourth-order valence-electron chi connectivity index (χ4n) is 1.81. The van der Waals surface area contributed by atoms with Crippen LogP contribution in [0.4, 0.5) is 0 Å². The molecule has 1 aliphatic carbocycles. The summed E-state index contributed by atoms with van der Waals surface area (Å²) in [6, 6.07) is 0. The van der Waals surface area contributed by atoms with E-state index in [9.17, 15) is 16.8 Å². The third-order valence-electron chi connectivity index (χ3n) is 3.14. The largest absolute Gasteiger partial charge is 0.266 e. The van der Waals surface area contributed by atoms with Gasteiger partial charge >= 0.3 is 0 Å². The lowest BCUT2D eigenvalue weighted by atomic mass is 10.3. The number of aryl methyl sites for hydroxylation is 1. The Balaban J connectivity index is 2.36. The van der Waals surface area contributed by atoms with Gasteiger partial charge in [-0.25, -0.2) is 16.8 Å². The first kappa shape index (κ1) is 16.1. The zero-order valence-electron chi connectivity index (χ0n) is 10.7. The van der Waals surface area contributed by atoms with Crippen LogP contribution >= 0.6 is 22.3 Å². The lowest BCUT2D eigenvalue weighted by Crippen LogP contribution is -2.15. The lowest BCUT2D eigenvalue weighted by molar-refractivity contribution is 0.580. The van der Waals surface area contributed by atoms with E-state index in [1.54, 1.807) is 6.92 Å². The smallest absolute Gasteiger partial charge is 0.251 e. The molecule has 1 aliphatic rings. The molecular weight excluding hydrogens is 347 g/mol. The van der Waals surface area contributed by atoms with Gasteiger partial charge in [-0.1, -0.05) is 18.5 Å². The van der Waals surface area contributed by atoms with Gasteiger partial charge in [0.1, 0.15) is 10.0 Å². The Morgan fingerprint density at radius 1 is 1.30 bits per heavy atom. The van der Waals surface area contributed by atoms with Crippen molar-refractivity contribution in [1.82, 2.24) is 9.78 Å². The Hall–Kier alpha value is -0.310. The topological polar surface area (TPSA) is 86.1 Å². The molecule has 1 aromatic rings. The standard InChI is InChI=1S/C10H14Cl2N2O4S2/c1-2-19(15,16)6-5-14-10(11)9(20(12,17)18)8(13-14)7-3-4-7/h7H,2-6H2,1H3. The third-order valence-corrected chi connectivity index (χ3v) is 6.67. The molecule has 1 saturated carbocycles. The SMILES string of the molecule is CCS(=O)(=O)CCn1nc(C2CC2)c(S(=O)(=O)Cl)c1Cl. The normalized spacial score (nSPS) is 16.6. The highest BCUT2D eigenvalue weighted by Crippen LogP contribution is 2.44. The average molecular weight is 361 g/mol. The molecule has 10 heteroatoms. The molecule has 20 heavy (non-hydrogen) atoms. The van der Waals surface area contributed by atoms with Crippen LogP contribution in [0.3, 0.4) is 0 Å². The molecule has 1 aromatic heterocycles. The second-order valence-corrected chi connectivity index (χ2v) is 10.0. The van der Waals surface area contributed by atoms with Crippen LogP contribution in [-0.2, 0) is 25.4 Å². The van der Waals surface area contributed by atoms with Crippen molar-refractivity contribution in [2.75, 3.05) is 11.5 Å². The van der Waals surface area contributed by atoms with Gasteiger partial charge < -0.3 is 0 Å². The summed E-state index contributed by atoms with van der Waals surface area (Å²) < 4.78 is 47.4. The molecule has 0 atom stereocenters. The summed E-state index contributed by atoms with van der Waals surface area (Å²) >= 11 is 6.00. The quantitative estimate of drug-likeness (QED) is 0.721. The Kier molecular flexibility index (Phi) is 4.40. The Morgan fingerprint density at radius 2 is 1.90 bits per heavy atom. The van der Waals surface area contributed by atoms with Gasteiger partial charge in [-0.2, -0.15) is 5.10 Å². The predicted molar refractivity (Wildman–Crippen MR) is 76.6 cm³/mol. The van der Waals surface area contributed by atoms with Crippen molar-refractivity contribution < 1.29 is 16.8 Å². The molecule has 0 aromatic carbocycles. The van der Waals surface area contributed by atoms with Gasteiger partial charge in [-0.15, -0.1) is 0 Å². The predicted octanol–water partition coefficient (Wildman–Crippen LogP) is 1.78. The molecule has 0 unspecified atom stereocenters. The van der Waals surface area contributed by atoms with E-state index < -0.39 is 18.9 Å². The van der Waals surface area contributed by atoms with E-state index in [2.05, 4.69) is 5.10 Å². The summed E-state index contributed by atoms with van der Waals surface area (Å²) in [6.07, 6.45) is 1.67. The zero-order valence-corrected chi connectivity index (χ0v) is 13.9. The fourth-order valence-corrected chi connectivity index (χ4v) is 4.41. The van der Waals surface area contributed by atoms with E-state index in [0.717, 1.165) is 12.8 Å². The fraction of sp³-hybridized carbons (Fsp3) is 0.700. The number of rotatable bonds is 6. The summed E-state index contributed by atoms with van der Waals surface area (Å²) in [4.78, 5) is -0.183. The van der Waals surface area contributed by atoms with Gasteiger partial charge in [0.15, 0.2) is 9.84 Å². The number of halogens is 2. The van der Waals surface area contributed by atoms with Crippen LogP contribution in [0.1, 0.15) is 31.4 Å². The average Bonchev–Trinajstić information content (AvgIpc) is 3.10. The summed E-state index contributed by atoms with van der Waals surface area (Å²) in [6.45, 7) is 1.56. The Morgan fingerprint density at radius 3 is 2.35 bits per heavy atom. The highest BCUT2D eigenvalue weighted by molar-refractivity contribution is 8.13. The maximum Gasteiger partial charge on any atom is 0.266 e. The third kappa shape index (κ3) is 3.47. The van der Waals surface area contributed by atoms with Crippen LogP contribution in [0.15, 0.2) is 4.90 Å². The summed E-state index contributed by atoms with van der Waals surface area (Å²) in [5.41, 5.74) is 0.346. The van der Waals surface area contributed by atoms with Crippen molar-refractivity contribution in [2.24, 2.45) is 0 Å². The Labute approximate surface area is 127 Å². The number of hydrogen-bond acceptors (Lipinski definition) is 5. The first-order valence-electron chi connectivity index (χ1n) is 6.07. The van der Waals surface area contributed by atoms with Crippen molar-refractivity contribution >= 4 is 41.2 Å². The molecule has 0 aliphatic heterocycles. The van der Waals surface area contributed by atoms with Crippen molar-refractivity contribution in [3.05, 3.63) is 10.8 Å². The van der Waals surface area contributed by atoms with E-state index in [0.29, 0.717) is 5.69 Å². The second-order valence-electron chi connectivity index (χ2n) is 4.68. The van der Waals surface area contributed by atoms with Crippen molar-refractivity contribution in [1.29, 1.82) is 0 Å². The highest BCUT2D eigenvalue weighted by atomic mass is 35.7. The van der Waals surface area contributed by atoms with Gasteiger partial charge in [-0.05, 0) is 12.8 Å². The molecule has 6 nitrogen and oxygen atoms in total. The van der Waals surface area contributed by atoms with Gasteiger partial charge in [0.25, 0.3) is 9.05 Å². The van der Waals surface area contributed by atoms with Crippen molar-refractivity contribution in [3.63, 3.8) is 0 Å². The minimum absolute atomic E-state index is 0.0150. The molecule has 0 spiro atoms. The highest BCUT2D eigenvalue weighted by Gasteiger charge is 2.36.